The van der Waals surface area contributed by atoms with Gasteiger partial charge in [-0.2, -0.15) is 0 Å². The van der Waals surface area contributed by atoms with Crippen molar-refractivity contribution in [3.05, 3.63) is 23.5 Å². The maximum atomic E-state index is 3.22. The van der Waals surface area contributed by atoms with Crippen LogP contribution in [0.5, 0.6) is 0 Å². The molecule has 1 nitrogen and oxygen atoms in total. The summed E-state index contributed by atoms with van der Waals surface area (Å²) in [7, 11) is 0. The van der Waals surface area contributed by atoms with Crippen LogP contribution in [0.4, 0.5) is 0 Å². The van der Waals surface area contributed by atoms with E-state index in [4.69, 9.17) is 0 Å². The lowest BCUT2D eigenvalue weighted by atomic mass is 10.3. The highest BCUT2D eigenvalue weighted by molar-refractivity contribution is 5.24. The highest BCUT2D eigenvalue weighted by Crippen LogP contribution is 2.18. The molecule has 8 heavy (non-hydrogen) atoms. The molecule has 0 amide bonds. The molecule has 0 radical (unpaired) electrons. The number of hydrogen-bond acceptors (Lipinski definition) is 0. The molecular weight excluding hydrogens is 98.1 g/mol. The first-order valence-electron chi connectivity index (χ1n) is 3.12. The van der Waals surface area contributed by atoms with Crippen molar-refractivity contribution < 1.29 is 0 Å². The van der Waals surface area contributed by atoms with Gasteiger partial charge in [0.05, 0.1) is 0 Å². The van der Waals surface area contributed by atoms with E-state index < -0.39 is 0 Å². The smallest absolute Gasteiger partial charge is 0.0179 e. The molecule has 0 bridgehead atoms. The van der Waals surface area contributed by atoms with Gasteiger partial charge in [0.25, 0.3) is 0 Å². The zero-order valence-electron chi connectivity index (χ0n) is 4.78. The molecule has 1 aliphatic rings. The van der Waals surface area contributed by atoms with Gasteiger partial charge in [-0.25, -0.2) is 0 Å². The van der Waals surface area contributed by atoms with Crippen molar-refractivity contribution in [2.24, 2.45) is 0 Å². The first-order chi connectivity index (χ1) is 3.97. The van der Waals surface area contributed by atoms with Gasteiger partial charge in [0.2, 0.25) is 0 Å². The Bertz CT molecular complexity index is 170. The SMILES string of the molecule is c1cc2c([nH]1)CCC2. The minimum Gasteiger partial charge on any atom is -0.365 e. The maximum absolute atomic E-state index is 3.22. The summed E-state index contributed by atoms with van der Waals surface area (Å²) in [6.45, 7) is 0. The summed E-state index contributed by atoms with van der Waals surface area (Å²) in [6, 6.07) is 2.18. The molecule has 0 spiro atoms. The standard InChI is InChI=1S/C7H9N/c1-2-6-4-5-8-7(6)3-1/h4-5,8H,1-3H2. The normalized spacial score (nSPS) is 16.5. The molecule has 0 atom stereocenters. The lowest BCUT2D eigenvalue weighted by Gasteiger charge is -1.81. The van der Waals surface area contributed by atoms with Gasteiger partial charge in [0, 0.05) is 11.9 Å². The van der Waals surface area contributed by atoms with Crippen molar-refractivity contribution >= 4 is 0 Å². The molecule has 0 aromatic carbocycles. The van der Waals surface area contributed by atoms with Crippen LogP contribution in [0.15, 0.2) is 12.3 Å². The molecule has 1 N–H and O–H groups in total. The van der Waals surface area contributed by atoms with E-state index in [-0.39, 0.29) is 0 Å². The van der Waals surface area contributed by atoms with Gasteiger partial charge in [-0.15, -0.1) is 0 Å². The van der Waals surface area contributed by atoms with Gasteiger partial charge in [0.1, 0.15) is 0 Å². The van der Waals surface area contributed by atoms with Crippen molar-refractivity contribution in [2.75, 3.05) is 0 Å². The average Bonchev–Trinajstić information content (AvgIpc) is 2.15. The lowest BCUT2D eigenvalue weighted by Crippen LogP contribution is -1.73. The number of fused-ring (bicyclic) bond motifs is 1. The van der Waals surface area contributed by atoms with Crippen molar-refractivity contribution in [1.82, 2.24) is 4.98 Å². The topological polar surface area (TPSA) is 15.8 Å². The molecule has 2 rings (SSSR count). The highest BCUT2D eigenvalue weighted by atomic mass is 14.7. The number of aryl methyl sites for hydroxylation is 2. The van der Waals surface area contributed by atoms with Crippen LogP contribution in [0, 0.1) is 0 Å². The molecule has 42 valence electrons. The van der Waals surface area contributed by atoms with E-state index in [0.29, 0.717) is 0 Å². The van der Waals surface area contributed by atoms with Crippen molar-refractivity contribution in [3.63, 3.8) is 0 Å². The molecule has 0 saturated carbocycles. The summed E-state index contributed by atoms with van der Waals surface area (Å²) >= 11 is 0. The van der Waals surface area contributed by atoms with E-state index in [1.165, 1.54) is 30.5 Å². The summed E-state index contributed by atoms with van der Waals surface area (Å²) in [5, 5.41) is 0. The fraction of sp³-hybridized carbons (Fsp3) is 0.429. The number of aromatic amines is 1. The minimum absolute atomic E-state index is 1.27. The Morgan fingerprint density at radius 3 is 3.25 bits per heavy atom. The summed E-state index contributed by atoms with van der Waals surface area (Å²) in [5.41, 5.74) is 3.00. The van der Waals surface area contributed by atoms with E-state index in [9.17, 15) is 0 Å². The molecular formula is C7H9N. The number of rotatable bonds is 0. The predicted molar refractivity (Wildman–Crippen MR) is 32.8 cm³/mol. The molecule has 0 saturated heterocycles. The number of H-pyrrole nitrogens is 1. The number of nitrogens with one attached hydrogen (secondary N) is 1. The summed E-state index contributed by atoms with van der Waals surface area (Å²) in [4.78, 5) is 3.22. The third-order valence-corrected chi connectivity index (χ3v) is 1.80. The van der Waals surface area contributed by atoms with Gasteiger partial charge < -0.3 is 4.98 Å². The third kappa shape index (κ3) is 0.414. The molecule has 1 aliphatic carbocycles. The second-order valence-electron chi connectivity index (χ2n) is 2.34. The molecule has 0 unspecified atom stereocenters. The Morgan fingerprint density at radius 1 is 1.38 bits per heavy atom. The quantitative estimate of drug-likeness (QED) is 0.517. The van der Waals surface area contributed by atoms with E-state index in [0.717, 1.165) is 0 Å². The second kappa shape index (κ2) is 1.38. The molecule has 0 aliphatic heterocycles. The Balaban J connectivity index is 2.54. The largest absolute Gasteiger partial charge is 0.365 e. The lowest BCUT2D eigenvalue weighted by molar-refractivity contribution is 0.893. The average molecular weight is 107 g/mol. The van der Waals surface area contributed by atoms with Crippen molar-refractivity contribution in [3.8, 4) is 0 Å². The van der Waals surface area contributed by atoms with Crippen LogP contribution in [-0.2, 0) is 12.8 Å². The number of hydrogen-bond donors (Lipinski definition) is 1. The Morgan fingerprint density at radius 2 is 2.38 bits per heavy atom. The van der Waals surface area contributed by atoms with Crippen LogP contribution >= 0.6 is 0 Å². The first kappa shape index (κ1) is 4.19. The zero-order chi connectivity index (χ0) is 5.40. The fourth-order valence-electron chi connectivity index (χ4n) is 1.36. The Kier molecular flexibility index (Phi) is 0.720. The molecule has 1 heterocycles. The van der Waals surface area contributed by atoms with Gasteiger partial charge in [-0.05, 0) is 30.9 Å². The van der Waals surface area contributed by atoms with Crippen molar-refractivity contribution in [1.29, 1.82) is 0 Å². The van der Waals surface area contributed by atoms with Gasteiger partial charge in [-0.1, -0.05) is 0 Å². The predicted octanol–water partition coefficient (Wildman–Crippen LogP) is 1.50. The molecule has 0 fully saturated rings. The van der Waals surface area contributed by atoms with E-state index in [1.807, 2.05) is 6.20 Å². The Labute approximate surface area is 48.7 Å². The van der Waals surface area contributed by atoms with E-state index in [1.54, 1.807) is 0 Å². The monoisotopic (exact) mass is 107 g/mol. The number of aromatic nitrogens is 1. The minimum atomic E-state index is 1.27. The zero-order valence-corrected chi connectivity index (χ0v) is 4.78. The van der Waals surface area contributed by atoms with Crippen LogP contribution in [0.1, 0.15) is 17.7 Å². The van der Waals surface area contributed by atoms with Crippen LogP contribution < -0.4 is 0 Å². The van der Waals surface area contributed by atoms with Crippen LogP contribution in [0.2, 0.25) is 0 Å². The highest BCUT2D eigenvalue weighted by Gasteiger charge is 2.09. The maximum Gasteiger partial charge on any atom is 0.0179 e. The molecule has 1 heteroatoms. The van der Waals surface area contributed by atoms with E-state index >= 15 is 0 Å². The van der Waals surface area contributed by atoms with Gasteiger partial charge in [-0.3, -0.25) is 0 Å². The molecule has 1 aromatic heterocycles. The van der Waals surface area contributed by atoms with E-state index in [2.05, 4.69) is 11.1 Å². The van der Waals surface area contributed by atoms with Crippen LogP contribution in [0.3, 0.4) is 0 Å². The summed E-state index contributed by atoms with van der Waals surface area (Å²) < 4.78 is 0. The van der Waals surface area contributed by atoms with Crippen LogP contribution in [-0.4, -0.2) is 4.98 Å². The van der Waals surface area contributed by atoms with Crippen LogP contribution in [0.25, 0.3) is 0 Å². The second-order valence-corrected chi connectivity index (χ2v) is 2.34. The van der Waals surface area contributed by atoms with Gasteiger partial charge >= 0.3 is 0 Å². The summed E-state index contributed by atoms with van der Waals surface area (Å²) in [6.07, 6.45) is 5.94. The Hall–Kier alpha value is -0.720. The third-order valence-electron chi connectivity index (χ3n) is 1.80. The van der Waals surface area contributed by atoms with Crippen molar-refractivity contribution in [2.45, 2.75) is 19.3 Å². The summed E-state index contributed by atoms with van der Waals surface area (Å²) in [5.74, 6) is 0. The molecule has 1 aromatic rings. The first-order valence-corrected chi connectivity index (χ1v) is 3.12. The van der Waals surface area contributed by atoms with Gasteiger partial charge in [0.15, 0.2) is 0 Å². The fourth-order valence-corrected chi connectivity index (χ4v) is 1.36.